The van der Waals surface area contributed by atoms with E-state index in [1.165, 1.54) is 7.11 Å². The quantitative estimate of drug-likeness (QED) is 0.810. The average molecular weight is 352 g/mol. The second-order valence-electron chi connectivity index (χ2n) is 6.14. The Bertz CT molecular complexity index is 833. The molecule has 1 heterocycles. The zero-order valence-electron chi connectivity index (χ0n) is 14.5. The largest absolute Gasteiger partial charge is 0.469 e. The number of methoxy groups -OCH3 is 1. The first-order valence-corrected chi connectivity index (χ1v) is 8.42. The summed E-state index contributed by atoms with van der Waals surface area (Å²) in [4.78, 5) is 35.9. The monoisotopic (exact) mass is 352 g/mol. The summed E-state index contributed by atoms with van der Waals surface area (Å²) in [7, 11) is 1.32. The topological polar surface area (TPSA) is 84.5 Å². The molecule has 1 unspecified atom stereocenters. The highest BCUT2D eigenvalue weighted by atomic mass is 16.5. The SMILES string of the molecule is COC(=O)CC(NC(=O)c1ccc2c(c1)CCC(=O)N2)c1ccccc1. The van der Waals surface area contributed by atoms with Crippen LogP contribution in [-0.2, 0) is 20.7 Å². The van der Waals surface area contributed by atoms with Gasteiger partial charge in [0.1, 0.15) is 0 Å². The number of benzene rings is 2. The number of carbonyl (C=O) groups excluding carboxylic acids is 3. The summed E-state index contributed by atoms with van der Waals surface area (Å²) >= 11 is 0. The average Bonchev–Trinajstić information content (AvgIpc) is 2.67. The first kappa shape index (κ1) is 17.7. The molecule has 0 radical (unpaired) electrons. The van der Waals surface area contributed by atoms with E-state index < -0.39 is 12.0 Å². The Morgan fingerprint density at radius 3 is 2.65 bits per heavy atom. The third-order valence-electron chi connectivity index (χ3n) is 4.37. The molecule has 1 atom stereocenters. The number of carbonyl (C=O) groups is 3. The molecule has 2 aromatic rings. The van der Waals surface area contributed by atoms with E-state index in [1.807, 2.05) is 30.3 Å². The minimum atomic E-state index is -0.480. The van der Waals surface area contributed by atoms with Crippen molar-refractivity contribution in [2.24, 2.45) is 0 Å². The highest BCUT2D eigenvalue weighted by molar-refractivity contribution is 5.98. The first-order chi connectivity index (χ1) is 12.6. The Morgan fingerprint density at radius 2 is 1.92 bits per heavy atom. The fourth-order valence-electron chi connectivity index (χ4n) is 2.95. The molecule has 0 saturated carbocycles. The van der Waals surface area contributed by atoms with Gasteiger partial charge in [0.25, 0.3) is 5.91 Å². The first-order valence-electron chi connectivity index (χ1n) is 8.42. The zero-order chi connectivity index (χ0) is 18.5. The molecule has 0 saturated heterocycles. The Balaban J connectivity index is 1.79. The maximum absolute atomic E-state index is 12.7. The van der Waals surface area contributed by atoms with Crippen LogP contribution < -0.4 is 10.6 Å². The lowest BCUT2D eigenvalue weighted by molar-refractivity contribution is -0.141. The molecule has 6 nitrogen and oxygen atoms in total. The number of rotatable bonds is 5. The fraction of sp³-hybridized carbons (Fsp3) is 0.250. The third-order valence-corrected chi connectivity index (χ3v) is 4.37. The summed E-state index contributed by atoms with van der Waals surface area (Å²) in [5.41, 5.74) is 3.00. The molecule has 134 valence electrons. The second kappa shape index (κ2) is 7.82. The van der Waals surface area contributed by atoms with Crippen molar-refractivity contribution in [2.45, 2.75) is 25.3 Å². The van der Waals surface area contributed by atoms with E-state index in [0.29, 0.717) is 18.4 Å². The van der Waals surface area contributed by atoms with Gasteiger partial charge in [0.05, 0.1) is 19.6 Å². The van der Waals surface area contributed by atoms with E-state index >= 15 is 0 Å². The van der Waals surface area contributed by atoms with Gasteiger partial charge in [0, 0.05) is 17.7 Å². The minimum Gasteiger partial charge on any atom is -0.469 e. The number of ether oxygens (including phenoxy) is 1. The van der Waals surface area contributed by atoms with E-state index in [0.717, 1.165) is 16.8 Å². The molecule has 26 heavy (non-hydrogen) atoms. The highest BCUT2D eigenvalue weighted by Gasteiger charge is 2.21. The molecule has 3 rings (SSSR count). The van der Waals surface area contributed by atoms with Gasteiger partial charge in [-0.1, -0.05) is 30.3 Å². The van der Waals surface area contributed by atoms with Gasteiger partial charge < -0.3 is 15.4 Å². The fourth-order valence-corrected chi connectivity index (χ4v) is 2.95. The number of fused-ring (bicyclic) bond motifs is 1. The predicted molar refractivity (Wildman–Crippen MR) is 96.7 cm³/mol. The van der Waals surface area contributed by atoms with Crippen molar-refractivity contribution in [2.75, 3.05) is 12.4 Å². The van der Waals surface area contributed by atoms with Crippen molar-refractivity contribution >= 4 is 23.5 Å². The van der Waals surface area contributed by atoms with Crippen LogP contribution in [0.2, 0.25) is 0 Å². The van der Waals surface area contributed by atoms with Crippen molar-refractivity contribution in [1.82, 2.24) is 5.32 Å². The molecule has 6 heteroatoms. The number of hydrogen-bond acceptors (Lipinski definition) is 4. The minimum absolute atomic E-state index is 0.0167. The summed E-state index contributed by atoms with van der Waals surface area (Å²) in [6, 6.07) is 14.0. The molecule has 2 aromatic carbocycles. The van der Waals surface area contributed by atoms with Gasteiger partial charge in [0.2, 0.25) is 5.91 Å². The smallest absolute Gasteiger partial charge is 0.307 e. The molecule has 2 N–H and O–H groups in total. The number of hydrogen-bond donors (Lipinski definition) is 2. The molecule has 1 aliphatic heterocycles. The summed E-state index contributed by atoms with van der Waals surface area (Å²) in [5.74, 6) is -0.688. The van der Waals surface area contributed by atoms with Crippen molar-refractivity contribution in [3.05, 3.63) is 65.2 Å². The van der Waals surface area contributed by atoms with Crippen LogP contribution in [0, 0.1) is 0 Å². The summed E-state index contributed by atoms with van der Waals surface area (Å²) in [5, 5.41) is 5.70. The standard InChI is InChI=1S/C20H20N2O4/c1-26-19(24)12-17(13-5-3-2-4-6-13)22-20(25)15-7-9-16-14(11-15)8-10-18(23)21-16/h2-7,9,11,17H,8,10,12H2,1H3,(H,21,23)(H,22,25). The molecule has 0 bridgehead atoms. The van der Waals surface area contributed by atoms with Gasteiger partial charge in [-0.25, -0.2) is 0 Å². The number of amides is 2. The molecule has 2 amide bonds. The van der Waals surface area contributed by atoms with Crippen LogP contribution >= 0.6 is 0 Å². The van der Waals surface area contributed by atoms with Crippen molar-refractivity contribution in [1.29, 1.82) is 0 Å². The summed E-state index contributed by atoms with van der Waals surface area (Å²) in [6.07, 6.45) is 1.06. The molecule has 1 aliphatic rings. The third kappa shape index (κ3) is 4.08. The Morgan fingerprint density at radius 1 is 1.15 bits per heavy atom. The lowest BCUT2D eigenvalue weighted by atomic mass is 9.99. The summed E-state index contributed by atoms with van der Waals surface area (Å²) in [6.45, 7) is 0. The van der Waals surface area contributed by atoms with Gasteiger partial charge in [-0.05, 0) is 35.7 Å². The van der Waals surface area contributed by atoms with Gasteiger partial charge in [-0.2, -0.15) is 0 Å². The molecule has 0 fully saturated rings. The van der Waals surface area contributed by atoms with E-state index in [4.69, 9.17) is 4.74 Å². The molecule has 0 spiro atoms. The summed E-state index contributed by atoms with van der Waals surface area (Å²) < 4.78 is 4.74. The number of nitrogens with one attached hydrogen (secondary N) is 2. The molecular formula is C20H20N2O4. The number of anilines is 1. The van der Waals surface area contributed by atoms with Crippen molar-refractivity contribution in [3.63, 3.8) is 0 Å². The van der Waals surface area contributed by atoms with E-state index in [1.54, 1.807) is 18.2 Å². The van der Waals surface area contributed by atoms with E-state index in [-0.39, 0.29) is 18.2 Å². The highest BCUT2D eigenvalue weighted by Crippen LogP contribution is 2.24. The normalized spacial score (nSPS) is 14.0. The van der Waals surface area contributed by atoms with Gasteiger partial charge in [0.15, 0.2) is 0 Å². The van der Waals surface area contributed by atoms with Crippen LogP contribution in [0.15, 0.2) is 48.5 Å². The van der Waals surface area contributed by atoms with E-state index in [9.17, 15) is 14.4 Å². The van der Waals surface area contributed by atoms with Gasteiger partial charge in [-0.3, -0.25) is 14.4 Å². The predicted octanol–water partition coefficient (Wildman–Crippen LogP) is 2.61. The van der Waals surface area contributed by atoms with Crippen LogP contribution in [0.5, 0.6) is 0 Å². The maximum Gasteiger partial charge on any atom is 0.307 e. The van der Waals surface area contributed by atoms with Gasteiger partial charge in [-0.15, -0.1) is 0 Å². The van der Waals surface area contributed by atoms with E-state index in [2.05, 4.69) is 10.6 Å². The van der Waals surface area contributed by atoms with Crippen LogP contribution in [-0.4, -0.2) is 24.9 Å². The molecule has 0 aromatic heterocycles. The second-order valence-corrected chi connectivity index (χ2v) is 6.14. The van der Waals surface area contributed by atoms with Crippen LogP contribution in [0.4, 0.5) is 5.69 Å². The lowest BCUT2D eigenvalue weighted by Crippen LogP contribution is -2.30. The van der Waals surface area contributed by atoms with Crippen LogP contribution in [0.3, 0.4) is 0 Å². The van der Waals surface area contributed by atoms with Crippen molar-refractivity contribution in [3.8, 4) is 0 Å². The lowest BCUT2D eigenvalue weighted by Gasteiger charge is -2.20. The van der Waals surface area contributed by atoms with Crippen molar-refractivity contribution < 1.29 is 19.1 Å². The van der Waals surface area contributed by atoms with Gasteiger partial charge >= 0.3 is 5.97 Å². The van der Waals surface area contributed by atoms with Crippen LogP contribution in [0.1, 0.15) is 40.4 Å². The molecule has 0 aliphatic carbocycles. The number of aryl methyl sites for hydroxylation is 1. The molecular weight excluding hydrogens is 332 g/mol. The number of esters is 1. The maximum atomic E-state index is 12.7. The Hall–Kier alpha value is -3.15. The van der Waals surface area contributed by atoms with Crippen LogP contribution in [0.25, 0.3) is 0 Å². The zero-order valence-corrected chi connectivity index (χ0v) is 14.5. The Labute approximate surface area is 151 Å². The Kier molecular flexibility index (Phi) is 5.31.